The number of benzene rings is 1. The molecular formula is C20H25N5OS. The molecule has 0 aliphatic carbocycles. The number of hydrogen-bond donors (Lipinski definition) is 1. The quantitative estimate of drug-likeness (QED) is 0.555. The van der Waals surface area contributed by atoms with Crippen LogP contribution in [0.25, 0.3) is 11.4 Å². The van der Waals surface area contributed by atoms with Crippen molar-refractivity contribution < 1.29 is 4.79 Å². The number of aromatic nitrogens is 3. The number of rotatable bonds is 8. The van der Waals surface area contributed by atoms with Gasteiger partial charge in [-0.15, -0.1) is 16.8 Å². The number of hydrogen-bond acceptors (Lipinski definition) is 5. The van der Waals surface area contributed by atoms with Crippen molar-refractivity contribution in [2.45, 2.75) is 50.2 Å². The average molecular weight is 384 g/mol. The highest BCUT2D eigenvalue weighted by Gasteiger charge is 2.32. The van der Waals surface area contributed by atoms with Crippen molar-refractivity contribution in [2.24, 2.45) is 5.92 Å². The fourth-order valence-corrected chi connectivity index (χ4v) is 3.20. The van der Waals surface area contributed by atoms with Gasteiger partial charge in [-0.1, -0.05) is 62.0 Å². The predicted molar refractivity (Wildman–Crippen MR) is 108 cm³/mol. The number of carbonyl (C=O) groups is 1. The molecular weight excluding hydrogens is 358 g/mol. The van der Waals surface area contributed by atoms with E-state index in [2.05, 4.69) is 28.2 Å². The SMILES string of the molecule is C=CCn1c(S[C@@H](C)C(=O)N[C@](C)(C#N)C(C)C)nnc1-c1ccccc1. The van der Waals surface area contributed by atoms with Crippen molar-refractivity contribution in [1.82, 2.24) is 20.1 Å². The summed E-state index contributed by atoms with van der Waals surface area (Å²) < 4.78 is 1.93. The van der Waals surface area contributed by atoms with Gasteiger partial charge in [0, 0.05) is 12.1 Å². The summed E-state index contributed by atoms with van der Waals surface area (Å²) in [5.41, 5.74) is 0.0447. The Kier molecular flexibility index (Phi) is 6.81. The smallest absolute Gasteiger partial charge is 0.234 e. The van der Waals surface area contributed by atoms with E-state index in [9.17, 15) is 10.1 Å². The minimum absolute atomic E-state index is 0.00208. The van der Waals surface area contributed by atoms with Crippen LogP contribution in [-0.2, 0) is 11.3 Å². The molecule has 1 N–H and O–H groups in total. The van der Waals surface area contributed by atoms with Gasteiger partial charge in [0.1, 0.15) is 5.54 Å². The van der Waals surface area contributed by atoms with E-state index >= 15 is 0 Å². The molecule has 0 aliphatic rings. The molecule has 2 aromatic rings. The molecule has 2 atom stereocenters. The van der Waals surface area contributed by atoms with Crippen molar-refractivity contribution in [1.29, 1.82) is 5.26 Å². The molecule has 0 saturated carbocycles. The number of nitrogens with one attached hydrogen (secondary N) is 1. The van der Waals surface area contributed by atoms with E-state index in [-0.39, 0.29) is 11.8 Å². The molecule has 0 saturated heterocycles. The molecule has 142 valence electrons. The van der Waals surface area contributed by atoms with Crippen LogP contribution in [-0.4, -0.2) is 31.5 Å². The summed E-state index contributed by atoms with van der Waals surface area (Å²) in [6, 6.07) is 12.0. The lowest BCUT2D eigenvalue weighted by atomic mass is 9.90. The third kappa shape index (κ3) is 4.77. The fraction of sp³-hybridized carbons (Fsp3) is 0.400. The van der Waals surface area contributed by atoms with E-state index in [1.165, 1.54) is 11.8 Å². The Labute approximate surface area is 164 Å². The summed E-state index contributed by atoms with van der Waals surface area (Å²) in [7, 11) is 0. The monoisotopic (exact) mass is 383 g/mol. The second kappa shape index (κ2) is 8.87. The maximum Gasteiger partial charge on any atom is 0.234 e. The van der Waals surface area contributed by atoms with Crippen LogP contribution >= 0.6 is 11.8 Å². The molecule has 6 nitrogen and oxygen atoms in total. The maximum absolute atomic E-state index is 12.6. The summed E-state index contributed by atoms with van der Waals surface area (Å²) in [4.78, 5) is 12.6. The van der Waals surface area contributed by atoms with Crippen molar-refractivity contribution in [3.8, 4) is 17.5 Å². The molecule has 0 fully saturated rings. The Balaban J connectivity index is 2.22. The van der Waals surface area contributed by atoms with E-state index in [4.69, 9.17) is 0 Å². The first-order chi connectivity index (χ1) is 12.8. The number of nitriles is 1. The van der Waals surface area contributed by atoms with Gasteiger partial charge in [-0.05, 0) is 19.8 Å². The van der Waals surface area contributed by atoms with Gasteiger partial charge in [-0.3, -0.25) is 9.36 Å². The maximum atomic E-state index is 12.6. The van der Waals surface area contributed by atoms with Crippen LogP contribution in [0.3, 0.4) is 0 Å². The van der Waals surface area contributed by atoms with Gasteiger partial charge in [0.25, 0.3) is 0 Å². The Morgan fingerprint density at radius 2 is 2.04 bits per heavy atom. The van der Waals surface area contributed by atoms with Crippen LogP contribution in [0.5, 0.6) is 0 Å². The first kappa shape index (κ1) is 20.7. The fourth-order valence-electron chi connectivity index (χ4n) is 2.34. The lowest BCUT2D eigenvalue weighted by Crippen LogP contribution is -2.51. The molecule has 0 spiro atoms. The Bertz CT molecular complexity index is 840. The zero-order chi connectivity index (χ0) is 20.0. The van der Waals surface area contributed by atoms with Crippen LogP contribution in [0, 0.1) is 17.2 Å². The minimum Gasteiger partial charge on any atom is -0.337 e. The van der Waals surface area contributed by atoms with E-state index in [1.54, 1.807) is 19.9 Å². The second-order valence-electron chi connectivity index (χ2n) is 6.79. The largest absolute Gasteiger partial charge is 0.337 e. The van der Waals surface area contributed by atoms with Gasteiger partial charge >= 0.3 is 0 Å². The molecule has 1 aromatic carbocycles. The normalized spacial score (nSPS) is 14.2. The molecule has 1 heterocycles. The highest BCUT2D eigenvalue weighted by Crippen LogP contribution is 2.27. The second-order valence-corrected chi connectivity index (χ2v) is 8.10. The number of nitrogens with zero attached hydrogens (tertiary/aromatic N) is 4. The molecule has 1 aromatic heterocycles. The van der Waals surface area contributed by atoms with Crippen molar-refractivity contribution in [3.05, 3.63) is 43.0 Å². The standard InChI is InChI=1S/C20H25N5OS/c1-6-12-25-17(16-10-8-7-9-11-16)23-24-19(25)27-15(4)18(26)22-20(5,13-21)14(2)3/h6-11,14-15H,1,12H2,2-5H3,(H,22,26)/t15-,20+/m0/s1. The van der Waals surface area contributed by atoms with Crippen LogP contribution in [0.1, 0.15) is 27.7 Å². The highest BCUT2D eigenvalue weighted by atomic mass is 32.2. The lowest BCUT2D eigenvalue weighted by Gasteiger charge is -2.28. The number of thioether (sulfide) groups is 1. The molecule has 0 bridgehead atoms. The molecule has 0 aliphatic heterocycles. The Hall–Kier alpha value is -2.59. The van der Waals surface area contributed by atoms with Gasteiger partial charge in [-0.2, -0.15) is 5.26 Å². The third-order valence-electron chi connectivity index (χ3n) is 4.48. The van der Waals surface area contributed by atoms with E-state index in [1.807, 2.05) is 48.7 Å². The van der Waals surface area contributed by atoms with Gasteiger partial charge in [-0.25, -0.2) is 0 Å². The predicted octanol–water partition coefficient (Wildman–Crippen LogP) is 3.67. The lowest BCUT2D eigenvalue weighted by molar-refractivity contribution is -0.121. The summed E-state index contributed by atoms with van der Waals surface area (Å²) in [5, 5.41) is 21.0. The first-order valence-electron chi connectivity index (χ1n) is 8.81. The van der Waals surface area contributed by atoms with Crippen molar-refractivity contribution in [3.63, 3.8) is 0 Å². The molecule has 27 heavy (non-hydrogen) atoms. The molecule has 1 amide bonds. The molecule has 0 radical (unpaired) electrons. The summed E-state index contributed by atoms with van der Waals surface area (Å²) in [6.45, 7) is 11.7. The number of carbonyl (C=O) groups excluding carboxylic acids is 1. The van der Waals surface area contributed by atoms with E-state index in [0.29, 0.717) is 11.7 Å². The average Bonchev–Trinajstić information content (AvgIpc) is 3.04. The summed E-state index contributed by atoms with van der Waals surface area (Å²) in [5.74, 6) is 0.527. The Morgan fingerprint density at radius 1 is 1.37 bits per heavy atom. The van der Waals surface area contributed by atoms with Crippen molar-refractivity contribution in [2.75, 3.05) is 0 Å². The van der Waals surface area contributed by atoms with Crippen LogP contribution in [0.15, 0.2) is 48.1 Å². The molecule has 2 rings (SSSR count). The molecule has 0 unspecified atom stereocenters. The van der Waals surface area contributed by atoms with Crippen LogP contribution in [0.2, 0.25) is 0 Å². The highest BCUT2D eigenvalue weighted by molar-refractivity contribution is 8.00. The number of allylic oxidation sites excluding steroid dienone is 1. The van der Waals surface area contributed by atoms with Gasteiger partial charge in [0.05, 0.1) is 11.3 Å². The van der Waals surface area contributed by atoms with E-state index < -0.39 is 10.8 Å². The van der Waals surface area contributed by atoms with E-state index in [0.717, 1.165) is 11.4 Å². The van der Waals surface area contributed by atoms with Crippen molar-refractivity contribution >= 4 is 17.7 Å². The topological polar surface area (TPSA) is 83.6 Å². The zero-order valence-electron chi connectivity index (χ0n) is 16.1. The first-order valence-corrected chi connectivity index (χ1v) is 9.69. The summed E-state index contributed by atoms with van der Waals surface area (Å²) in [6.07, 6.45) is 1.77. The van der Waals surface area contributed by atoms with Crippen LogP contribution < -0.4 is 5.32 Å². The van der Waals surface area contributed by atoms with Crippen LogP contribution in [0.4, 0.5) is 0 Å². The number of amides is 1. The molecule has 7 heteroatoms. The van der Waals surface area contributed by atoms with Gasteiger partial charge in [0.2, 0.25) is 5.91 Å². The zero-order valence-corrected chi connectivity index (χ0v) is 17.0. The Morgan fingerprint density at radius 3 is 2.59 bits per heavy atom. The van der Waals surface area contributed by atoms with Gasteiger partial charge < -0.3 is 5.32 Å². The van der Waals surface area contributed by atoms with Gasteiger partial charge in [0.15, 0.2) is 11.0 Å². The minimum atomic E-state index is -0.907. The summed E-state index contributed by atoms with van der Waals surface area (Å²) >= 11 is 1.32. The third-order valence-corrected chi connectivity index (χ3v) is 5.56.